The van der Waals surface area contributed by atoms with Gasteiger partial charge in [-0.25, -0.2) is 4.79 Å². The van der Waals surface area contributed by atoms with Crippen LogP contribution in [-0.4, -0.2) is 53.3 Å². The lowest BCUT2D eigenvalue weighted by Crippen LogP contribution is -2.44. The summed E-state index contributed by atoms with van der Waals surface area (Å²) in [6.45, 7) is 3.19. The van der Waals surface area contributed by atoms with Crippen molar-refractivity contribution in [1.82, 2.24) is 15.1 Å². The number of imide groups is 1. The number of nitrogens with zero attached hydrogens (tertiary/aromatic N) is 2. The van der Waals surface area contributed by atoms with E-state index >= 15 is 0 Å². The first-order valence-electron chi connectivity index (χ1n) is 8.38. The molecule has 0 aromatic carbocycles. The maximum Gasteiger partial charge on any atom is 0.325 e. The van der Waals surface area contributed by atoms with Crippen LogP contribution in [-0.2, 0) is 9.59 Å². The molecule has 1 heterocycles. The average Bonchev–Trinajstić information content (AvgIpc) is 3.05. The van der Waals surface area contributed by atoms with Gasteiger partial charge in [-0.1, -0.05) is 26.2 Å². The monoisotopic (exact) mass is 309 g/mol. The Bertz CT molecular complexity index is 444. The Morgan fingerprint density at radius 2 is 1.95 bits per heavy atom. The minimum atomic E-state index is -0.640. The Balaban J connectivity index is 1.78. The van der Waals surface area contributed by atoms with E-state index in [9.17, 15) is 14.4 Å². The normalized spacial score (nSPS) is 19.8. The van der Waals surface area contributed by atoms with E-state index in [1.807, 2.05) is 0 Å². The molecular weight excluding hydrogens is 282 g/mol. The first-order valence-corrected chi connectivity index (χ1v) is 8.38. The molecule has 1 spiro atoms. The zero-order chi connectivity index (χ0) is 16.2. The van der Waals surface area contributed by atoms with Gasteiger partial charge in [-0.05, 0) is 25.7 Å². The van der Waals surface area contributed by atoms with Crippen LogP contribution < -0.4 is 5.32 Å². The van der Waals surface area contributed by atoms with E-state index in [1.54, 1.807) is 11.9 Å². The summed E-state index contributed by atoms with van der Waals surface area (Å²) >= 11 is 0. The number of carbonyl (C=O) groups excluding carboxylic acids is 3. The molecule has 2 fully saturated rings. The highest BCUT2D eigenvalue weighted by molar-refractivity contribution is 6.07. The SMILES string of the molecule is CCCCN(C)C(=O)CCCN1C(=O)NC2(CCCC2)C1=O. The first kappa shape index (κ1) is 16.8. The highest BCUT2D eigenvalue weighted by atomic mass is 16.2. The molecule has 1 N–H and O–H groups in total. The summed E-state index contributed by atoms with van der Waals surface area (Å²) in [5.41, 5.74) is -0.640. The lowest BCUT2D eigenvalue weighted by molar-refractivity contribution is -0.133. The molecule has 0 radical (unpaired) electrons. The fourth-order valence-corrected chi connectivity index (χ4v) is 3.30. The Morgan fingerprint density at radius 3 is 2.59 bits per heavy atom. The largest absolute Gasteiger partial charge is 0.346 e. The van der Waals surface area contributed by atoms with E-state index in [0.717, 1.165) is 45.1 Å². The van der Waals surface area contributed by atoms with Gasteiger partial charge in [-0.15, -0.1) is 0 Å². The lowest BCUT2D eigenvalue weighted by Gasteiger charge is -2.20. The van der Waals surface area contributed by atoms with Gasteiger partial charge in [0, 0.05) is 26.6 Å². The van der Waals surface area contributed by atoms with Crippen LogP contribution in [0.3, 0.4) is 0 Å². The highest BCUT2D eigenvalue weighted by Gasteiger charge is 2.51. The fraction of sp³-hybridized carbons (Fsp3) is 0.812. The molecule has 1 aliphatic carbocycles. The Hall–Kier alpha value is -1.59. The van der Waals surface area contributed by atoms with Crippen molar-refractivity contribution >= 4 is 17.8 Å². The summed E-state index contributed by atoms with van der Waals surface area (Å²) in [5, 5.41) is 2.86. The molecule has 0 atom stereocenters. The average molecular weight is 309 g/mol. The number of amides is 4. The number of hydrogen-bond acceptors (Lipinski definition) is 3. The smallest absolute Gasteiger partial charge is 0.325 e. The third-order valence-corrected chi connectivity index (χ3v) is 4.75. The van der Waals surface area contributed by atoms with Crippen molar-refractivity contribution in [2.24, 2.45) is 0 Å². The van der Waals surface area contributed by atoms with E-state index in [2.05, 4.69) is 12.2 Å². The number of rotatable bonds is 7. The molecule has 6 nitrogen and oxygen atoms in total. The Labute approximate surface area is 132 Å². The van der Waals surface area contributed by atoms with Gasteiger partial charge in [-0.2, -0.15) is 0 Å². The van der Waals surface area contributed by atoms with Gasteiger partial charge < -0.3 is 10.2 Å². The quantitative estimate of drug-likeness (QED) is 0.730. The van der Waals surface area contributed by atoms with Gasteiger partial charge in [0.05, 0.1) is 0 Å². The van der Waals surface area contributed by atoms with E-state index in [4.69, 9.17) is 0 Å². The first-order chi connectivity index (χ1) is 10.5. The van der Waals surface area contributed by atoms with Crippen LogP contribution in [0.25, 0.3) is 0 Å². The topological polar surface area (TPSA) is 69.7 Å². The van der Waals surface area contributed by atoms with Crippen LogP contribution in [0, 0.1) is 0 Å². The molecule has 1 saturated heterocycles. The summed E-state index contributed by atoms with van der Waals surface area (Å²) in [6, 6.07) is -0.293. The maximum atomic E-state index is 12.4. The molecule has 0 aromatic rings. The van der Waals surface area contributed by atoms with E-state index in [0.29, 0.717) is 19.4 Å². The molecular formula is C16H27N3O3. The van der Waals surface area contributed by atoms with Crippen LogP contribution in [0.15, 0.2) is 0 Å². The second kappa shape index (κ2) is 7.11. The second-order valence-corrected chi connectivity index (χ2v) is 6.45. The summed E-state index contributed by atoms with van der Waals surface area (Å²) in [5.74, 6) is -0.0159. The number of hydrogen-bond donors (Lipinski definition) is 1. The minimum Gasteiger partial charge on any atom is -0.346 e. The summed E-state index contributed by atoms with van der Waals surface area (Å²) in [6.07, 6.45) is 6.43. The minimum absolute atomic E-state index is 0.0797. The van der Waals surface area contributed by atoms with Crippen molar-refractivity contribution in [3.05, 3.63) is 0 Å². The molecule has 124 valence electrons. The van der Waals surface area contributed by atoms with E-state index < -0.39 is 5.54 Å². The Morgan fingerprint density at radius 1 is 1.27 bits per heavy atom. The van der Waals surface area contributed by atoms with Gasteiger partial charge in [0.15, 0.2) is 0 Å². The van der Waals surface area contributed by atoms with Gasteiger partial charge >= 0.3 is 6.03 Å². The van der Waals surface area contributed by atoms with E-state index in [1.165, 1.54) is 4.90 Å². The summed E-state index contributed by atoms with van der Waals surface area (Å²) < 4.78 is 0. The Kier molecular flexibility index (Phi) is 5.42. The molecule has 1 saturated carbocycles. The standard InChI is InChI=1S/C16H27N3O3/c1-3-4-11-18(2)13(20)8-7-12-19-14(21)16(17-15(19)22)9-5-6-10-16/h3-12H2,1-2H3,(H,17,22). The van der Waals surface area contributed by atoms with Gasteiger partial charge in [0.1, 0.15) is 5.54 Å². The van der Waals surface area contributed by atoms with Crippen LogP contribution in [0.1, 0.15) is 58.3 Å². The molecule has 6 heteroatoms. The van der Waals surface area contributed by atoms with Crippen molar-refractivity contribution in [2.75, 3.05) is 20.1 Å². The predicted molar refractivity (Wildman–Crippen MR) is 83.2 cm³/mol. The van der Waals surface area contributed by atoms with E-state index in [-0.39, 0.29) is 17.8 Å². The van der Waals surface area contributed by atoms with Crippen molar-refractivity contribution < 1.29 is 14.4 Å². The van der Waals surface area contributed by atoms with Crippen LogP contribution in [0.4, 0.5) is 4.79 Å². The molecule has 0 unspecified atom stereocenters. The van der Waals surface area contributed by atoms with Crippen molar-refractivity contribution in [2.45, 2.75) is 63.8 Å². The third-order valence-electron chi connectivity index (χ3n) is 4.75. The molecule has 22 heavy (non-hydrogen) atoms. The van der Waals surface area contributed by atoms with Crippen molar-refractivity contribution in [3.63, 3.8) is 0 Å². The zero-order valence-electron chi connectivity index (χ0n) is 13.7. The second-order valence-electron chi connectivity index (χ2n) is 6.45. The number of urea groups is 1. The lowest BCUT2D eigenvalue weighted by atomic mass is 9.98. The third kappa shape index (κ3) is 3.42. The van der Waals surface area contributed by atoms with Gasteiger partial charge in [0.25, 0.3) is 5.91 Å². The van der Waals surface area contributed by atoms with Crippen LogP contribution >= 0.6 is 0 Å². The molecule has 1 aliphatic heterocycles. The zero-order valence-corrected chi connectivity index (χ0v) is 13.7. The van der Waals surface area contributed by atoms with Crippen molar-refractivity contribution in [1.29, 1.82) is 0 Å². The molecule has 0 aromatic heterocycles. The van der Waals surface area contributed by atoms with Crippen molar-refractivity contribution in [3.8, 4) is 0 Å². The molecule has 0 bridgehead atoms. The van der Waals surface area contributed by atoms with Gasteiger partial charge in [0.2, 0.25) is 5.91 Å². The highest BCUT2D eigenvalue weighted by Crippen LogP contribution is 2.35. The molecule has 4 amide bonds. The van der Waals surface area contributed by atoms with Gasteiger partial charge in [-0.3, -0.25) is 14.5 Å². The molecule has 2 aliphatic rings. The number of unbranched alkanes of at least 4 members (excludes halogenated alkanes) is 1. The fourth-order valence-electron chi connectivity index (χ4n) is 3.30. The number of nitrogens with one attached hydrogen (secondary N) is 1. The molecule has 2 rings (SSSR count). The summed E-state index contributed by atoms with van der Waals surface area (Å²) in [4.78, 5) is 39.4. The summed E-state index contributed by atoms with van der Waals surface area (Å²) in [7, 11) is 1.80. The predicted octanol–water partition coefficient (Wildman–Crippen LogP) is 1.89. The van der Waals surface area contributed by atoms with Crippen LogP contribution in [0.5, 0.6) is 0 Å². The maximum absolute atomic E-state index is 12.4. The van der Waals surface area contributed by atoms with Crippen LogP contribution in [0.2, 0.25) is 0 Å². The number of carbonyl (C=O) groups is 3.